The summed E-state index contributed by atoms with van der Waals surface area (Å²) in [4.78, 5) is 30.7. The molecule has 1 aromatic heterocycles. The van der Waals surface area contributed by atoms with Gasteiger partial charge in [0.15, 0.2) is 0 Å². The highest BCUT2D eigenvalue weighted by Crippen LogP contribution is 2.46. The number of carbonyl (C=O) groups excluding carboxylic acids is 1. The Labute approximate surface area is 200 Å². The van der Waals surface area contributed by atoms with Crippen molar-refractivity contribution in [1.82, 2.24) is 10.3 Å². The van der Waals surface area contributed by atoms with E-state index in [1.165, 1.54) is 30.5 Å². The SMILES string of the molecule is O=C(O)c1ccc(C2(NC(=O)c3cc(Cl)cnc3N3CC(Oc4cccc(F)c4)C3)CC2)cc1. The molecule has 9 heteroatoms. The number of pyridine rings is 1. The number of nitrogens with one attached hydrogen (secondary N) is 1. The number of benzene rings is 2. The Morgan fingerprint density at radius 1 is 1.15 bits per heavy atom. The van der Waals surface area contributed by atoms with E-state index in [9.17, 15) is 14.0 Å². The van der Waals surface area contributed by atoms with Gasteiger partial charge in [0, 0.05) is 12.3 Å². The quantitative estimate of drug-likeness (QED) is 0.524. The Balaban J connectivity index is 1.29. The highest BCUT2D eigenvalue weighted by molar-refractivity contribution is 6.31. The number of nitrogens with zero attached hydrogens (tertiary/aromatic N) is 2. The molecule has 1 saturated carbocycles. The van der Waals surface area contributed by atoms with Crippen LogP contribution < -0.4 is 15.0 Å². The molecular formula is C25H21ClFN3O4. The topological polar surface area (TPSA) is 91.8 Å². The average molecular weight is 482 g/mol. The van der Waals surface area contributed by atoms with Gasteiger partial charge in [0.1, 0.15) is 23.5 Å². The van der Waals surface area contributed by atoms with Crippen LogP contribution in [0.15, 0.2) is 60.8 Å². The van der Waals surface area contributed by atoms with Crippen LogP contribution in [0.25, 0.3) is 0 Å². The number of rotatable bonds is 7. The fraction of sp³-hybridized carbons (Fsp3) is 0.240. The predicted molar refractivity (Wildman–Crippen MR) is 124 cm³/mol. The van der Waals surface area contributed by atoms with Gasteiger partial charge in [-0.25, -0.2) is 14.2 Å². The summed E-state index contributed by atoms with van der Waals surface area (Å²) in [6, 6.07) is 14.1. The lowest BCUT2D eigenvalue weighted by molar-refractivity contribution is 0.0696. The first-order valence-electron chi connectivity index (χ1n) is 10.8. The number of carbonyl (C=O) groups is 2. The zero-order valence-corrected chi connectivity index (χ0v) is 18.8. The second-order valence-corrected chi connectivity index (χ2v) is 8.98. The third kappa shape index (κ3) is 4.41. The number of halogens is 2. The van der Waals surface area contributed by atoms with Crippen LogP contribution in [0.3, 0.4) is 0 Å². The van der Waals surface area contributed by atoms with E-state index in [1.54, 1.807) is 30.3 Å². The molecule has 0 radical (unpaired) electrons. The largest absolute Gasteiger partial charge is 0.487 e. The van der Waals surface area contributed by atoms with Gasteiger partial charge in [-0.1, -0.05) is 29.8 Å². The molecule has 3 aromatic rings. The predicted octanol–water partition coefficient (Wildman–Crippen LogP) is 4.26. The summed E-state index contributed by atoms with van der Waals surface area (Å²) >= 11 is 6.15. The molecule has 1 amide bonds. The van der Waals surface area contributed by atoms with Crippen LogP contribution in [-0.2, 0) is 5.54 Å². The molecule has 0 unspecified atom stereocenters. The maximum atomic E-state index is 13.4. The van der Waals surface area contributed by atoms with E-state index in [4.69, 9.17) is 21.4 Å². The fourth-order valence-corrected chi connectivity index (χ4v) is 4.25. The molecule has 0 bridgehead atoms. The molecular weight excluding hydrogens is 461 g/mol. The van der Waals surface area contributed by atoms with Gasteiger partial charge in [-0.2, -0.15) is 0 Å². The van der Waals surface area contributed by atoms with Gasteiger partial charge in [-0.3, -0.25) is 4.79 Å². The lowest BCUT2D eigenvalue weighted by Gasteiger charge is -2.40. The van der Waals surface area contributed by atoms with E-state index in [1.807, 2.05) is 4.90 Å². The molecule has 2 aliphatic rings. The molecule has 7 nitrogen and oxygen atoms in total. The lowest BCUT2D eigenvalue weighted by Crippen LogP contribution is -2.55. The van der Waals surface area contributed by atoms with E-state index in [-0.39, 0.29) is 23.4 Å². The minimum atomic E-state index is -0.996. The molecule has 2 heterocycles. The first-order chi connectivity index (χ1) is 16.3. The molecule has 1 saturated heterocycles. The molecule has 1 aliphatic heterocycles. The van der Waals surface area contributed by atoms with Crippen LogP contribution in [0.4, 0.5) is 10.2 Å². The summed E-state index contributed by atoms with van der Waals surface area (Å²) in [7, 11) is 0. The minimum absolute atomic E-state index is 0.155. The van der Waals surface area contributed by atoms with Crippen LogP contribution >= 0.6 is 11.6 Å². The van der Waals surface area contributed by atoms with Crippen molar-refractivity contribution in [3.8, 4) is 5.75 Å². The van der Waals surface area contributed by atoms with Crippen LogP contribution in [0, 0.1) is 5.82 Å². The Hall–Kier alpha value is -3.65. The first kappa shape index (κ1) is 22.2. The number of hydrogen-bond acceptors (Lipinski definition) is 5. The van der Waals surface area contributed by atoms with Crippen molar-refractivity contribution < 1.29 is 23.8 Å². The van der Waals surface area contributed by atoms with Crippen LogP contribution in [0.5, 0.6) is 5.75 Å². The molecule has 2 N–H and O–H groups in total. The van der Waals surface area contributed by atoms with Crippen molar-refractivity contribution in [1.29, 1.82) is 0 Å². The normalized spacial score (nSPS) is 16.5. The lowest BCUT2D eigenvalue weighted by atomic mass is 10.0. The van der Waals surface area contributed by atoms with E-state index in [0.717, 1.165) is 18.4 Å². The Kier molecular flexibility index (Phi) is 5.61. The number of ether oxygens (including phenoxy) is 1. The van der Waals surface area contributed by atoms with Crippen LogP contribution in [-0.4, -0.2) is 41.2 Å². The molecule has 5 rings (SSSR count). The first-order valence-corrected chi connectivity index (χ1v) is 11.2. The number of amides is 1. The number of aromatic nitrogens is 1. The molecule has 2 fully saturated rings. The van der Waals surface area contributed by atoms with Gasteiger partial charge < -0.3 is 20.1 Å². The monoisotopic (exact) mass is 481 g/mol. The molecule has 2 aromatic carbocycles. The van der Waals surface area contributed by atoms with Crippen LogP contribution in [0.2, 0.25) is 5.02 Å². The number of carboxylic acids is 1. The molecule has 0 spiro atoms. The highest BCUT2D eigenvalue weighted by atomic mass is 35.5. The number of anilines is 1. The third-order valence-electron chi connectivity index (χ3n) is 6.11. The Morgan fingerprint density at radius 2 is 1.88 bits per heavy atom. The van der Waals surface area contributed by atoms with Crippen molar-refractivity contribution in [2.75, 3.05) is 18.0 Å². The van der Waals surface area contributed by atoms with Gasteiger partial charge in [0.05, 0.1) is 34.8 Å². The maximum absolute atomic E-state index is 13.4. The van der Waals surface area contributed by atoms with Gasteiger partial charge >= 0.3 is 5.97 Å². The van der Waals surface area contributed by atoms with Gasteiger partial charge in [-0.15, -0.1) is 0 Å². The Morgan fingerprint density at radius 3 is 2.53 bits per heavy atom. The summed E-state index contributed by atoms with van der Waals surface area (Å²) in [6.07, 6.45) is 2.84. The third-order valence-corrected chi connectivity index (χ3v) is 6.32. The summed E-state index contributed by atoms with van der Waals surface area (Å²) in [5.41, 5.74) is 0.867. The Bertz CT molecular complexity index is 1260. The van der Waals surface area contributed by atoms with Crippen molar-refractivity contribution in [2.24, 2.45) is 0 Å². The van der Waals surface area contributed by atoms with Gasteiger partial charge in [0.2, 0.25) is 0 Å². The molecule has 1 aliphatic carbocycles. The van der Waals surface area contributed by atoms with Crippen LogP contribution in [0.1, 0.15) is 39.1 Å². The number of carboxylic acid groups (broad SMARTS) is 1. The molecule has 34 heavy (non-hydrogen) atoms. The van der Waals surface area contributed by atoms with Crippen molar-refractivity contribution in [3.63, 3.8) is 0 Å². The standard InChI is InChI=1S/C25H21ClFN3O4/c26-17-10-21(23(31)29-25(8-9-25)16-6-4-15(5-7-16)24(32)33)22(28-12-17)30-13-20(14-30)34-19-3-1-2-18(27)11-19/h1-7,10-12,20H,8-9,13-14H2,(H,29,31)(H,32,33). The van der Waals surface area contributed by atoms with Crippen molar-refractivity contribution >= 4 is 29.3 Å². The minimum Gasteiger partial charge on any atom is -0.487 e. The smallest absolute Gasteiger partial charge is 0.335 e. The molecule has 174 valence electrons. The second-order valence-electron chi connectivity index (χ2n) is 8.55. The maximum Gasteiger partial charge on any atom is 0.335 e. The van der Waals surface area contributed by atoms with Gasteiger partial charge in [0.25, 0.3) is 5.91 Å². The summed E-state index contributed by atoms with van der Waals surface area (Å²) in [6.45, 7) is 0.987. The summed E-state index contributed by atoms with van der Waals surface area (Å²) in [5, 5.41) is 12.6. The van der Waals surface area contributed by atoms with E-state index in [0.29, 0.717) is 35.2 Å². The number of hydrogen-bond donors (Lipinski definition) is 2. The fourth-order valence-electron chi connectivity index (χ4n) is 4.10. The van der Waals surface area contributed by atoms with Gasteiger partial charge in [-0.05, 0) is 48.7 Å². The average Bonchev–Trinajstić information content (AvgIpc) is 3.57. The molecule has 0 atom stereocenters. The van der Waals surface area contributed by atoms with Crippen molar-refractivity contribution in [2.45, 2.75) is 24.5 Å². The van der Waals surface area contributed by atoms with E-state index < -0.39 is 11.5 Å². The van der Waals surface area contributed by atoms with E-state index >= 15 is 0 Å². The second kappa shape index (κ2) is 8.61. The zero-order valence-electron chi connectivity index (χ0n) is 18.0. The summed E-state index contributed by atoms with van der Waals surface area (Å²) < 4.78 is 19.2. The highest BCUT2D eigenvalue weighted by Gasteiger charge is 2.46. The number of aromatic carboxylic acids is 1. The zero-order chi connectivity index (χ0) is 23.9. The summed E-state index contributed by atoms with van der Waals surface area (Å²) in [5.74, 6) is -0.712. The van der Waals surface area contributed by atoms with E-state index in [2.05, 4.69) is 10.3 Å². The van der Waals surface area contributed by atoms with Crippen molar-refractivity contribution in [3.05, 3.63) is 88.3 Å².